The van der Waals surface area contributed by atoms with E-state index in [1.165, 1.54) is 6.42 Å². The molecule has 16 heavy (non-hydrogen) atoms. The van der Waals surface area contributed by atoms with E-state index in [4.69, 9.17) is 0 Å². The minimum atomic E-state index is -4.44. The van der Waals surface area contributed by atoms with Crippen LogP contribution in [0.2, 0.25) is 0 Å². The van der Waals surface area contributed by atoms with Crippen molar-refractivity contribution in [2.75, 3.05) is 5.32 Å². The van der Waals surface area contributed by atoms with Crippen molar-refractivity contribution in [3.05, 3.63) is 5.82 Å². The molecule has 0 unspecified atom stereocenters. The summed E-state index contributed by atoms with van der Waals surface area (Å²) in [5.74, 6) is -1.05. The third-order valence-corrected chi connectivity index (χ3v) is 3.26. The Labute approximate surface area is 95.2 Å². The highest BCUT2D eigenvalue weighted by molar-refractivity contribution is 7.09. The predicted octanol–water partition coefficient (Wildman–Crippen LogP) is 3.30. The molecule has 1 fully saturated rings. The number of hydrogen-bond acceptors (Lipinski definition) is 4. The molecule has 0 aliphatic heterocycles. The van der Waals surface area contributed by atoms with Gasteiger partial charge in [-0.05, 0) is 12.8 Å². The number of alkyl halides is 3. The fourth-order valence-electron chi connectivity index (χ4n) is 1.82. The van der Waals surface area contributed by atoms with Crippen molar-refractivity contribution in [2.24, 2.45) is 0 Å². The van der Waals surface area contributed by atoms with Crippen molar-refractivity contribution >= 4 is 16.7 Å². The second-order valence-electron chi connectivity index (χ2n) is 3.90. The zero-order chi connectivity index (χ0) is 11.6. The second-order valence-corrected chi connectivity index (χ2v) is 4.65. The van der Waals surface area contributed by atoms with Gasteiger partial charge in [-0.3, -0.25) is 0 Å². The summed E-state index contributed by atoms with van der Waals surface area (Å²) in [6.45, 7) is 0. The lowest BCUT2D eigenvalue weighted by Crippen LogP contribution is -2.22. The monoisotopic (exact) mass is 251 g/mol. The third kappa shape index (κ3) is 2.84. The lowest BCUT2D eigenvalue weighted by molar-refractivity contribution is -0.144. The normalized spacial score (nSPS) is 18.7. The zero-order valence-electron chi connectivity index (χ0n) is 8.55. The molecule has 0 radical (unpaired) electrons. The van der Waals surface area contributed by atoms with Crippen LogP contribution in [0.25, 0.3) is 0 Å². The number of aromatic nitrogens is 2. The molecule has 0 saturated heterocycles. The molecule has 3 nitrogen and oxygen atoms in total. The molecule has 7 heteroatoms. The number of nitrogens with one attached hydrogen (secondary N) is 1. The Morgan fingerprint density at radius 1 is 1.19 bits per heavy atom. The van der Waals surface area contributed by atoms with Gasteiger partial charge in [-0.2, -0.15) is 22.5 Å². The van der Waals surface area contributed by atoms with Crippen LogP contribution in [0.1, 0.15) is 37.9 Å². The molecule has 0 bridgehead atoms. The summed E-state index contributed by atoms with van der Waals surface area (Å²) < 4.78 is 40.0. The van der Waals surface area contributed by atoms with Gasteiger partial charge in [-0.25, -0.2) is 0 Å². The smallest absolute Gasteiger partial charge is 0.358 e. The van der Waals surface area contributed by atoms with E-state index in [9.17, 15) is 13.2 Å². The van der Waals surface area contributed by atoms with Gasteiger partial charge in [0.15, 0.2) is 0 Å². The van der Waals surface area contributed by atoms with Crippen LogP contribution in [-0.4, -0.2) is 15.4 Å². The number of halogens is 3. The average Bonchev–Trinajstić information content (AvgIpc) is 2.67. The molecule has 0 atom stereocenters. The molecule has 0 spiro atoms. The quantitative estimate of drug-likeness (QED) is 0.876. The van der Waals surface area contributed by atoms with Gasteiger partial charge >= 0.3 is 6.18 Å². The van der Waals surface area contributed by atoms with Crippen molar-refractivity contribution in [3.63, 3.8) is 0 Å². The highest BCUT2D eigenvalue weighted by Crippen LogP contribution is 2.30. The average molecular weight is 251 g/mol. The van der Waals surface area contributed by atoms with Crippen LogP contribution in [0.4, 0.5) is 18.3 Å². The van der Waals surface area contributed by atoms with E-state index in [0.29, 0.717) is 0 Å². The summed E-state index contributed by atoms with van der Waals surface area (Å²) in [7, 11) is 0. The number of anilines is 1. The Kier molecular flexibility index (Phi) is 3.32. The van der Waals surface area contributed by atoms with Crippen LogP contribution in [0.3, 0.4) is 0 Å². The molecule has 2 rings (SSSR count). The molecule has 1 N–H and O–H groups in total. The van der Waals surface area contributed by atoms with E-state index >= 15 is 0 Å². The van der Waals surface area contributed by atoms with Crippen LogP contribution in [-0.2, 0) is 6.18 Å². The highest BCUT2D eigenvalue weighted by Gasteiger charge is 2.36. The second kappa shape index (κ2) is 4.57. The molecule has 1 aliphatic rings. The standard InChI is InChI=1S/C9H12F3N3S/c10-9(11,12)7-14-8(16-15-7)13-6-4-2-1-3-5-6/h6H,1-5H2,(H,13,14,15). The summed E-state index contributed by atoms with van der Waals surface area (Å²) in [5.41, 5.74) is 0. The van der Waals surface area contributed by atoms with E-state index in [1.807, 2.05) is 0 Å². The van der Waals surface area contributed by atoms with Crippen LogP contribution >= 0.6 is 11.5 Å². The van der Waals surface area contributed by atoms with E-state index in [-0.39, 0.29) is 11.2 Å². The van der Waals surface area contributed by atoms with Gasteiger partial charge in [0.05, 0.1) is 0 Å². The van der Waals surface area contributed by atoms with Gasteiger partial charge in [-0.15, -0.1) is 0 Å². The van der Waals surface area contributed by atoms with Gasteiger partial charge in [-0.1, -0.05) is 19.3 Å². The van der Waals surface area contributed by atoms with Crippen molar-refractivity contribution in [2.45, 2.75) is 44.3 Å². The molecule has 1 aromatic heterocycles. The van der Waals surface area contributed by atoms with Gasteiger partial charge in [0, 0.05) is 17.6 Å². The first kappa shape index (κ1) is 11.6. The molecule has 1 aliphatic carbocycles. The maximum atomic E-state index is 12.2. The fourth-order valence-corrected chi connectivity index (χ4v) is 2.48. The van der Waals surface area contributed by atoms with E-state index in [0.717, 1.165) is 37.2 Å². The topological polar surface area (TPSA) is 37.8 Å². The van der Waals surface area contributed by atoms with Gasteiger partial charge in [0.25, 0.3) is 0 Å². The van der Waals surface area contributed by atoms with E-state index < -0.39 is 12.0 Å². The first-order valence-electron chi connectivity index (χ1n) is 5.23. The molecular formula is C9H12F3N3S. The molecule has 0 amide bonds. The lowest BCUT2D eigenvalue weighted by atomic mass is 9.96. The number of rotatable bonds is 2. The molecule has 0 aromatic carbocycles. The first-order valence-corrected chi connectivity index (χ1v) is 6.00. The van der Waals surface area contributed by atoms with E-state index in [1.54, 1.807) is 0 Å². The maximum Gasteiger partial charge on any atom is 0.452 e. The summed E-state index contributed by atoms with van der Waals surface area (Å²) in [4.78, 5) is 3.45. The number of nitrogens with zero attached hydrogens (tertiary/aromatic N) is 2. The molecule has 90 valence electrons. The van der Waals surface area contributed by atoms with Crippen molar-refractivity contribution in [1.29, 1.82) is 0 Å². The SMILES string of the molecule is FC(F)(F)c1nsc(NC2CCCCC2)n1. The minimum absolute atomic E-state index is 0.253. The van der Waals surface area contributed by atoms with Crippen LogP contribution in [0.15, 0.2) is 0 Å². The fraction of sp³-hybridized carbons (Fsp3) is 0.778. The van der Waals surface area contributed by atoms with Crippen molar-refractivity contribution < 1.29 is 13.2 Å². The Morgan fingerprint density at radius 2 is 1.88 bits per heavy atom. The predicted molar refractivity (Wildman–Crippen MR) is 55.4 cm³/mol. The summed E-state index contributed by atoms with van der Waals surface area (Å²) >= 11 is 0.778. The zero-order valence-corrected chi connectivity index (χ0v) is 9.37. The highest BCUT2D eigenvalue weighted by atomic mass is 32.1. The molecular weight excluding hydrogens is 239 g/mol. The van der Waals surface area contributed by atoms with E-state index in [2.05, 4.69) is 14.7 Å². The largest absolute Gasteiger partial charge is 0.452 e. The van der Waals surface area contributed by atoms with Crippen LogP contribution < -0.4 is 5.32 Å². The summed E-state index contributed by atoms with van der Waals surface area (Å²) in [5, 5.41) is 3.30. The Balaban J connectivity index is 1.97. The minimum Gasteiger partial charge on any atom is -0.358 e. The Bertz CT molecular complexity index is 344. The van der Waals surface area contributed by atoms with Crippen LogP contribution in [0, 0.1) is 0 Å². The van der Waals surface area contributed by atoms with Gasteiger partial charge < -0.3 is 5.32 Å². The molecule has 1 saturated carbocycles. The van der Waals surface area contributed by atoms with Gasteiger partial charge in [0.2, 0.25) is 11.0 Å². The molecule has 1 aromatic rings. The summed E-state index contributed by atoms with van der Waals surface area (Å²) in [6, 6.07) is 0.253. The lowest BCUT2D eigenvalue weighted by Gasteiger charge is -2.21. The maximum absolute atomic E-state index is 12.2. The van der Waals surface area contributed by atoms with Crippen molar-refractivity contribution in [1.82, 2.24) is 9.36 Å². The Hall–Kier alpha value is -0.850. The summed E-state index contributed by atoms with van der Waals surface area (Å²) in [6.07, 6.45) is 1.03. The number of hydrogen-bond donors (Lipinski definition) is 1. The van der Waals surface area contributed by atoms with Gasteiger partial charge in [0.1, 0.15) is 0 Å². The Morgan fingerprint density at radius 3 is 2.44 bits per heavy atom. The van der Waals surface area contributed by atoms with Crippen molar-refractivity contribution in [3.8, 4) is 0 Å². The first-order chi connectivity index (χ1) is 7.55. The third-order valence-electron chi connectivity index (χ3n) is 2.61. The van der Waals surface area contributed by atoms with Crippen LogP contribution in [0.5, 0.6) is 0 Å². The molecule has 1 heterocycles.